The Morgan fingerprint density at radius 3 is 2.90 bits per heavy atom. The molecule has 1 aromatic heterocycles. The van der Waals surface area contributed by atoms with Crippen molar-refractivity contribution in [1.82, 2.24) is 15.0 Å². The Labute approximate surface area is 118 Å². The summed E-state index contributed by atoms with van der Waals surface area (Å²) in [6.45, 7) is 8.47. The summed E-state index contributed by atoms with van der Waals surface area (Å²) in [5.74, 6) is 0.834. The lowest BCUT2D eigenvalue weighted by molar-refractivity contribution is 0.261. The molecule has 0 saturated carbocycles. The zero-order valence-corrected chi connectivity index (χ0v) is 11.8. The first kappa shape index (κ1) is 14.3. The molecule has 0 fully saturated rings. The first-order chi connectivity index (χ1) is 9.67. The lowest BCUT2D eigenvalue weighted by atomic mass is 10.1. The number of ether oxygens (including phenoxy) is 1. The van der Waals surface area contributed by atoms with Crippen LogP contribution in [0.5, 0.6) is 5.75 Å². The number of allylic oxidation sites excluding steroid dienone is 1. The monoisotopic (exact) mass is 273 g/mol. The molecule has 0 radical (unpaired) electrons. The zero-order chi connectivity index (χ0) is 14.5. The molecule has 0 amide bonds. The van der Waals surface area contributed by atoms with Crippen LogP contribution in [0.1, 0.15) is 22.5 Å². The summed E-state index contributed by atoms with van der Waals surface area (Å²) in [6, 6.07) is 5.94. The van der Waals surface area contributed by atoms with E-state index in [4.69, 9.17) is 4.74 Å². The summed E-state index contributed by atoms with van der Waals surface area (Å²) in [7, 11) is 0. The van der Waals surface area contributed by atoms with Gasteiger partial charge in [-0.25, -0.2) is 4.68 Å². The number of aromatic nitrogens is 3. The molecule has 106 valence electrons. The fraction of sp³-hybridized carbons (Fsp3) is 0.333. The van der Waals surface area contributed by atoms with Crippen LogP contribution in [0, 0.1) is 13.8 Å². The molecule has 5 heteroatoms. The molecule has 0 atom stereocenters. The van der Waals surface area contributed by atoms with Crippen LogP contribution in [-0.4, -0.2) is 20.1 Å². The summed E-state index contributed by atoms with van der Waals surface area (Å²) >= 11 is 0. The van der Waals surface area contributed by atoms with E-state index in [1.165, 1.54) is 5.56 Å². The highest BCUT2D eigenvalue weighted by Gasteiger charge is 2.12. The van der Waals surface area contributed by atoms with E-state index < -0.39 is 0 Å². The lowest BCUT2D eigenvalue weighted by Crippen LogP contribution is -2.09. The Morgan fingerprint density at radius 1 is 1.40 bits per heavy atom. The van der Waals surface area contributed by atoms with Crippen molar-refractivity contribution in [2.75, 3.05) is 0 Å². The van der Waals surface area contributed by atoms with Crippen molar-refractivity contribution in [1.29, 1.82) is 0 Å². The van der Waals surface area contributed by atoms with Crippen molar-refractivity contribution in [3.05, 3.63) is 53.4 Å². The standard InChI is InChI=1S/C15H19N3O2/c1-4-8-18-14(13(9-19)16-17-18)10-20-15-7-5-6-11(2)12(15)3/h4-7,19H,1,8-10H2,2-3H3. The van der Waals surface area contributed by atoms with Crippen molar-refractivity contribution in [3.8, 4) is 5.75 Å². The van der Waals surface area contributed by atoms with E-state index in [0.29, 0.717) is 18.8 Å². The second-order valence-electron chi connectivity index (χ2n) is 4.60. The van der Waals surface area contributed by atoms with Crippen LogP contribution < -0.4 is 4.74 Å². The maximum Gasteiger partial charge on any atom is 0.132 e. The average Bonchev–Trinajstić information content (AvgIpc) is 2.83. The smallest absolute Gasteiger partial charge is 0.132 e. The fourth-order valence-corrected chi connectivity index (χ4v) is 1.94. The Balaban J connectivity index is 2.19. The first-order valence-electron chi connectivity index (χ1n) is 6.49. The number of hydrogen-bond acceptors (Lipinski definition) is 4. The molecule has 1 aromatic carbocycles. The Hall–Kier alpha value is -2.14. The van der Waals surface area contributed by atoms with Crippen molar-refractivity contribution < 1.29 is 9.84 Å². The second kappa shape index (κ2) is 6.34. The van der Waals surface area contributed by atoms with Gasteiger partial charge in [0.2, 0.25) is 0 Å². The number of nitrogens with zero attached hydrogens (tertiary/aromatic N) is 3. The highest BCUT2D eigenvalue weighted by atomic mass is 16.5. The quantitative estimate of drug-likeness (QED) is 0.819. The molecule has 5 nitrogen and oxygen atoms in total. The molecule has 0 spiro atoms. The number of aliphatic hydroxyl groups excluding tert-OH is 1. The maximum absolute atomic E-state index is 9.30. The van der Waals surface area contributed by atoms with Crippen LogP contribution in [0.3, 0.4) is 0 Å². The Morgan fingerprint density at radius 2 is 2.20 bits per heavy atom. The molecule has 0 saturated heterocycles. The van der Waals surface area contributed by atoms with E-state index in [-0.39, 0.29) is 6.61 Å². The largest absolute Gasteiger partial charge is 0.487 e. The Bertz CT molecular complexity index is 605. The summed E-state index contributed by atoms with van der Waals surface area (Å²) in [6.07, 6.45) is 1.73. The van der Waals surface area contributed by atoms with Crippen molar-refractivity contribution in [2.45, 2.75) is 33.6 Å². The number of benzene rings is 1. The molecule has 0 bridgehead atoms. The third kappa shape index (κ3) is 2.88. The molecule has 0 aliphatic carbocycles. The molecule has 2 rings (SSSR count). The number of rotatable bonds is 6. The van der Waals surface area contributed by atoms with Gasteiger partial charge in [0.25, 0.3) is 0 Å². The van der Waals surface area contributed by atoms with Gasteiger partial charge in [-0.1, -0.05) is 23.4 Å². The predicted molar refractivity (Wildman–Crippen MR) is 76.4 cm³/mol. The van der Waals surface area contributed by atoms with Crippen LogP contribution in [0.2, 0.25) is 0 Å². The van der Waals surface area contributed by atoms with Gasteiger partial charge in [-0.05, 0) is 31.0 Å². The minimum absolute atomic E-state index is 0.150. The van der Waals surface area contributed by atoms with Gasteiger partial charge in [-0.15, -0.1) is 11.7 Å². The molecular weight excluding hydrogens is 254 g/mol. The molecular formula is C15H19N3O2. The van der Waals surface area contributed by atoms with E-state index in [1.54, 1.807) is 10.8 Å². The third-order valence-corrected chi connectivity index (χ3v) is 3.29. The normalized spacial score (nSPS) is 10.6. The molecule has 20 heavy (non-hydrogen) atoms. The van der Waals surface area contributed by atoms with Gasteiger partial charge in [-0.3, -0.25) is 0 Å². The van der Waals surface area contributed by atoms with Crippen LogP contribution >= 0.6 is 0 Å². The van der Waals surface area contributed by atoms with E-state index in [0.717, 1.165) is 17.0 Å². The highest BCUT2D eigenvalue weighted by molar-refractivity contribution is 5.38. The van der Waals surface area contributed by atoms with Gasteiger partial charge in [0.1, 0.15) is 23.7 Å². The highest BCUT2D eigenvalue weighted by Crippen LogP contribution is 2.22. The van der Waals surface area contributed by atoms with Crippen LogP contribution in [0.25, 0.3) is 0 Å². The van der Waals surface area contributed by atoms with Gasteiger partial charge in [0.15, 0.2) is 0 Å². The van der Waals surface area contributed by atoms with E-state index >= 15 is 0 Å². The topological polar surface area (TPSA) is 60.2 Å². The summed E-state index contributed by atoms with van der Waals surface area (Å²) in [4.78, 5) is 0. The van der Waals surface area contributed by atoms with E-state index in [9.17, 15) is 5.11 Å². The fourth-order valence-electron chi connectivity index (χ4n) is 1.94. The minimum Gasteiger partial charge on any atom is -0.487 e. The molecule has 0 unspecified atom stereocenters. The number of aliphatic hydroxyl groups is 1. The van der Waals surface area contributed by atoms with Gasteiger partial charge in [-0.2, -0.15) is 0 Å². The molecule has 0 aliphatic heterocycles. The van der Waals surface area contributed by atoms with E-state index in [1.807, 2.05) is 32.0 Å². The lowest BCUT2D eigenvalue weighted by Gasteiger charge is -2.12. The van der Waals surface area contributed by atoms with Gasteiger partial charge < -0.3 is 9.84 Å². The zero-order valence-electron chi connectivity index (χ0n) is 11.8. The molecule has 0 aliphatic rings. The van der Waals surface area contributed by atoms with Crippen LogP contribution in [-0.2, 0) is 19.8 Å². The maximum atomic E-state index is 9.30. The third-order valence-electron chi connectivity index (χ3n) is 3.29. The number of aryl methyl sites for hydroxylation is 1. The predicted octanol–water partition coefficient (Wildman–Crippen LogP) is 2.15. The Kier molecular flexibility index (Phi) is 4.53. The average molecular weight is 273 g/mol. The van der Waals surface area contributed by atoms with Crippen LogP contribution in [0.15, 0.2) is 30.9 Å². The van der Waals surface area contributed by atoms with Gasteiger partial charge in [0, 0.05) is 0 Å². The van der Waals surface area contributed by atoms with Gasteiger partial charge >= 0.3 is 0 Å². The first-order valence-corrected chi connectivity index (χ1v) is 6.49. The summed E-state index contributed by atoms with van der Waals surface area (Å²) in [5, 5.41) is 17.2. The number of hydrogen-bond donors (Lipinski definition) is 1. The molecule has 2 aromatic rings. The minimum atomic E-state index is -0.150. The van der Waals surface area contributed by atoms with Gasteiger partial charge in [0.05, 0.1) is 13.2 Å². The second-order valence-corrected chi connectivity index (χ2v) is 4.60. The summed E-state index contributed by atoms with van der Waals surface area (Å²) < 4.78 is 7.53. The molecule has 1 heterocycles. The van der Waals surface area contributed by atoms with Crippen LogP contribution in [0.4, 0.5) is 0 Å². The SMILES string of the molecule is C=CCn1nnc(CO)c1COc1cccc(C)c1C. The van der Waals surface area contributed by atoms with Crippen molar-refractivity contribution >= 4 is 0 Å². The van der Waals surface area contributed by atoms with Crippen molar-refractivity contribution in [3.63, 3.8) is 0 Å². The summed E-state index contributed by atoms with van der Waals surface area (Å²) in [5.41, 5.74) is 3.61. The molecule has 1 N–H and O–H groups in total. The van der Waals surface area contributed by atoms with Crippen molar-refractivity contribution in [2.24, 2.45) is 0 Å². The van der Waals surface area contributed by atoms with E-state index in [2.05, 4.69) is 16.9 Å².